The first-order valence-corrected chi connectivity index (χ1v) is 11.1. The molecule has 3 aromatic carbocycles. The van der Waals surface area contributed by atoms with Crippen molar-refractivity contribution in [2.75, 3.05) is 5.32 Å². The van der Waals surface area contributed by atoms with Crippen LogP contribution in [0.5, 0.6) is 0 Å². The standard InChI is InChI=1S/C24H17FN4OS2/c25-17-9-7-8-16(14-17)15-26-23-27-21-20(22(30)29(23)19-12-5-2-6-13-19)32-24(31)28(21)18-10-3-1-4-11-18/h1-14H,15H2,(H,26,27). The fraction of sp³-hybridized carbons (Fsp3) is 0.0417. The van der Waals surface area contributed by atoms with Gasteiger partial charge in [0.05, 0.1) is 5.69 Å². The number of thiazole rings is 1. The summed E-state index contributed by atoms with van der Waals surface area (Å²) in [6.07, 6.45) is 0. The van der Waals surface area contributed by atoms with Gasteiger partial charge in [-0.2, -0.15) is 4.98 Å². The molecular weight excluding hydrogens is 443 g/mol. The second kappa shape index (κ2) is 8.49. The van der Waals surface area contributed by atoms with Gasteiger partial charge in [0.2, 0.25) is 5.95 Å². The lowest BCUT2D eigenvalue weighted by Gasteiger charge is -2.15. The number of para-hydroxylation sites is 2. The normalized spacial score (nSPS) is 11.0. The van der Waals surface area contributed by atoms with Gasteiger partial charge in [0.1, 0.15) is 10.5 Å². The Morgan fingerprint density at radius 3 is 2.22 bits per heavy atom. The molecule has 1 N–H and O–H groups in total. The lowest BCUT2D eigenvalue weighted by atomic mass is 10.2. The smallest absolute Gasteiger partial charge is 0.279 e. The molecule has 0 unspecified atom stereocenters. The van der Waals surface area contributed by atoms with Crippen molar-refractivity contribution in [1.29, 1.82) is 0 Å². The molecule has 2 heterocycles. The van der Waals surface area contributed by atoms with E-state index in [9.17, 15) is 9.18 Å². The molecule has 5 rings (SSSR count). The molecule has 0 bridgehead atoms. The van der Waals surface area contributed by atoms with Crippen LogP contribution in [0.1, 0.15) is 5.56 Å². The molecule has 0 atom stereocenters. The Bertz CT molecular complexity index is 1530. The summed E-state index contributed by atoms with van der Waals surface area (Å²) in [6, 6.07) is 25.2. The Hall–Kier alpha value is -3.62. The predicted octanol–water partition coefficient (Wildman–Crippen LogP) is 5.72. The van der Waals surface area contributed by atoms with Gasteiger partial charge in [-0.25, -0.2) is 8.96 Å². The number of benzene rings is 3. The van der Waals surface area contributed by atoms with E-state index in [1.807, 2.05) is 66.7 Å². The van der Waals surface area contributed by atoms with E-state index in [-0.39, 0.29) is 11.4 Å². The molecule has 0 fully saturated rings. The van der Waals surface area contributed by atoms with Gasteiger partial charge in [-0.3, -0.25) is 9.36 Å². The van der Waals surface area contributed by atoms with E-state index in [2.05, 4.69) is 5.32 Å². The van der Waals surface area contributed by atoms with Crippen LogP contribution < -0.4 is 10.9 Å². The van der Waals surface area contributed by atoms with E-state index in [0.717, 1.165) is 11.3 Å². The van der Waals surface area contributed by atoms with Crippen molar-refractivity contribution in [3.05, 3.63) is 111 Å². The van der Waals surface area contributed by atoms with E-state index in [1.54, 1.807) is 10.6 Å². The Morgan fingerprint density at radius 1 is 0.906 bits per heavy atom. The lowest BCUT2D eigenvalue weighted by molar-refractivity contribution is 0.626. The number of aromatic nitrogens is 3. The van der Waals surface area contributed by atoms with E-state index in [4.69, 9.17) is 17.2 Å². The Labute approximate surface area is 192 Å². The first kappa shape index (κ1) is 20.3. The Morgan fingerprint density at radius 2 is 1.56 bits per heavy atom. The summed E-state index contributed by atoms with van der Waals surface area (Å²) in [5.41, 5.74) is 2.53. The summed E-state index contributed by atoms with van der Waals surface area (Å²) >= 11 is 6.82. The van der Waals surface area contributed by atoms with Crippen LogP contribution in [-0.2, 0) is 6.54 Å². The van der Waals surface area contributed by atoms with E-state index in [1.165, 1.54) is 28.0 Å². The Balaban J connectivity index is 1.72. The van der Waals surface area contributed by atoms with Crippen molar-refractivity contribution in [2.45, 2.75) is 6.54 Å². The highest BCUT2D eigenvalue weighted by Gasteiger charge is 2.18. The summed E-state index contributed by atoms with van der Waals surface area (Å²) in [6.45, 7) is 0.304. The maximum atomic E-state index is 13.6. The molecular formula is C24H17FN4OS2. The maximum absolute atomic E-state index is 13.6. The number of hydrogen-bond acceptors (Lipinski definition) is 5. The van der Waals surface area contributed by atoms with E-state index in [0.29, 0.717) is 32.5 Å². The van der Waals surface area contributed by atoms with Gasteiger partial charge < -0.3 is 5.32 Å². The first-order valence-electron chi connectivity index (χ1n) is 9.89. The summed E-state index contributed by atoms with van der Waals surface area (Å²) in [4.78, 5) is 18.4. The summed E-state index contributed by atoms with van der Waals surface area (Å²) in [5.74, 6) is 0.0408. The van der Waals surface area contributed by atoms with Gasteiger partial charge in [0.15, 0.2) is 9.60 Å². The lowest BCUT2D eigenvalue weighted by Crippen LogP contribution is -2.23. The zero-order chi connectivity index (χ0) is 22.1. The first-order chi connectivity index (χ1) is 15.6. The molecule has 0 radical (unpaired) electrons. The molecule has 2 aromatic heterocycles. The van der Waals surface area contributed by atoms with Crippen LogP contribution in [-0.4, -0.2) is 14.1 Å². The zero-order valence-corrected chi connectivity index (χ0v) is 18.4. The largest absolute Gasteiger partial charge is 0.351 e. The number of rotatable bonds is 5. The van der Waals surface area contributed by atoms with Crippen LogP contribution >= 0.6 is 23.6 Å². The monoisotopic (exact) mass is 460 g/mol. The minimum Gasteiger partial charge on any atom is -0.351 e. The molecule has 0 spiro atoms. The SMILES string of the molecule is O=c1c2sc(=S)n(-c3ccccc3)c2nc(NCc2cccc(F)c2)n1-c1ccccc1. The second-order valence-electron chi connectivity index (χ2n) is 7.09. The molecule has 8 heteroatoms. The molecule has 5 nitrogen and oxygen atoms in total. The van der Waals surface area contributed by atoms with E-state index >= 15 is 0 Å². The minimum absolute atomic E-state index is 0.214. The third-order valence-electron chi connectivity index (χ3n) is 4.98. The predicted molar refractivity (Wildman–Crippen MR) is 129 cm³/mol. The van der Waals surface area contributed by atoms with Gasteiger partial charge in [-0.1, -0.05) is 59.9 Å². The fourth-order valence-electron chi connectivity index (χ4n) is 3.52. The quantitative estimate of drug-likeness (QED) is 0.341. The van der Waals surface area contributed by atoms with Crippen LogP contribution in [0.2, 0.25) is 0 Å². The number of halogens is 1. The average Bonchev–Trinajstić information content (AvgIpc) is 3.15. The Kier molecular flexibility index (Phi) is 5.38. The number of hydrogen-bond donors (Lipinski definition) is 1. The number of fused-ring (bicyclic) bond motifs is 1. The van der Waals surface area contributed by atoms with Crippen molar-refractivity contribution < 1.29 is 4.39 Å². The van der Waals surface area contributed by atoms with Crippen LogP contribution in [0.25, 0.3) is 21.7 Å². The molecule has 0 saturated heterocycles. The van der Waals surface area contributed by atoms with Crippen LogP contribution in [0.15, 0.2) is 89.7 Å². The molecule has 32 heavy (non-hydrogen) atoms. The summed E-state index contributed by atoms with van der Waals surface area (Å²) in [7, 11) is 0. The van der Waals surface area contributed by atoms with Gasteiger partial charge >= 0.3 is 0 Å². The minimum atomic E-state index is -0.316. The molecule has 0 aliphatic rings. The van der Waals surface area contributed by atoms with Gasteiger partial charge in [-0.05, 0) is 54.2 Å². The van der Waals surface area contributed by atoms with Crippen molar-refractivity contribution >= 4 is 39.9 Å². The van der Waals surface area contributed by atoms with E-state index < -0.39 is 0 Å². The van der Waals surface area contributed by atoms with Gasteiger partial charge in [-0.15, -0.1) is 0 Å². The second-order valence-corrected chi connectivity index (χ2v) is 8.73. The van der Waals surface area contributed by atoms with Crippen molar-refractivity contribution in [3.8, 4) is 11.4 Å². The third kappa shape index (κ3) is 3.74. The van der Waals surface area contributed by atoms with Gasteiger partial charge in [0, 0.05) is 12.2 Å². The third-order valence-corrected chi connectivity index (χ3v) is 6.33. The fourth-order valence-corrected chi connectivity index (χ4v) is 4.83. The molecule has 0 saturated carbocycles. The topological polar surface area (TPSA) is 51.9 Å². The highest BCUT2D eigenvalue weighted by atomic mass is 32.1. The maximum Gasteiger partial charge on any atom is 0.279 e. The molecule has 158 valence electrons. The highest BCUT2D eigenvalue weighted by molar-refractivity contribution is 7.73. The van der Waals surface area contributed by atoms with Crippen LogP contribution in [0, 0.1) is 9.77 Å². The summed E-state index contributed by atoms with van der Waals surface area (Å²) < 4.78 is 18.0. The van der Waals surface area contributed by atoms with Crippen LogP contribution in [0.3, 0.4) is 0 Å². The summed E-state index contributed by atoms with van der Waals surface area (Å²) in [5, 5.41) is 3.22. The van der Waals surface area contributed by atoms with Crippen molar-refractivity contribution in [3.63, 3.8) is 0 Å². The van der Waals surface area contributed by atoms with Crippen molar-refractivity contribution in [1.82, 2.24) is 14.1 Å². The van der Waals surface area contributed by atoms with Gasteiger partial charge in [0.25, 0.3) is 5.56 Å². The number of nitrogens with zero attached hydrogens (tertiary/aromatic N) is 3. The molecule has 5 aromatic rings. The number of nitrogens with one attached hydrogen (secondary N) is 1. The molecule has 0 aliphatic heterocycles. The zero-order valence-electron chi connectivity index (χ0n) is 16.7. The average molecular weight is 461 g/mol. The number of anilines is 1. The molecule has 0 amide bonds. The highest BCUT2D eigenvalue weighted by Crippen LogP contribution is 2.25. The van der Waals surface area contributed by atoms with Crippen molar-refractivity contribution in [2.24, 2.45) is 0 Å². The molecule has 0 aliphatic carbocycles. The van der Waals surface area contributed by atoms with Crippen LogP contribution in [0.4, 0.5) is 10.3 Å².